The minimum absolute atomic E-state index is 0.0375. The predicted octanol–water partition coefficient (Wildman–Crippen LogP) is 3.00. The second kappa shape index (κ2) is 8.57. The topological polar surface area (TPSA) is 77.2 Å². The molecular formula is C16H21N3O3S. The summed E-state index contributed by atoms with van der Waals surface area (Å²) in [5.41, 5.74) is 0.817. The van der Waals surface area contributed by atoms with Gasteiger partial charge in [0, 0.05) is 12.1 Å². The van der Waals surface area contributed by atoms with E-state index in [1.165, 1.54) is 11.8 Å². The Kier molecular flexibility index (Phi) is 6.46. The molecule has 0 spiro atoms. The molecule has 1 N–H and O–H groups in total. The maximum atomic E-state index is 11.7. The number of carbonyl (C=O) groups excluding carboxylic acids is 1. The van der Waals surface area contributed by atoms with Crippen molar-refractivity contribution in [2.75, 3.05) is 18.9 Å². The van der Waals surface area contributed by atoms with Gasteiger partial charge in [-0.05, 0) is 37.1 Å². The summed E-state index contributed by atoms with van der Waals surface area (Å²) in [6.45, 7) is 7.33. The van der Waals surface area contributed by atoms with Crippen molar-refractivity contribution >= 4 is 17.7 Å². The number of rotatable bonds is 8. The van der Waals surface area contributed by atoms with Gasteiger partial charge < -0.3 is 14.5 Å². The zero-order valence-corrected chi connectivity index (χ0v) is 14.4. The van der Waals surface area contributed by atoms with E-state index in [4.69, 9.17) is 9.15 Å². The van der Waals surface area contributed by atoms with Gasteiger partial charge in [-0.15, -0.1) is 10.2 Å². The van der Waals surface area contributed by atoms with Crippen LogP contribution in [0.2, 0.25) is 0 Å². The summed E-state index contributed by atoms with van der Waals surface area (Å²) >= 11 is 1.23. The average molecular weight is 335 g/mol. The SMILES string of the molecule is CCOc1ccc(-c2nnc(SCC(=O)NCC(C)C)o2)cc1. The van der Waals surface area contributed by atoms with Crippen molar-refractivity contribution in [3.05, 3.63) is 24.3 Å². The summed E-state index contributed by atoms with van der Waals surface area (Å²) in [7, 11) is 0. The van der Waals surface area contributed by atoms with E-state index < -0.39 is 0 Å². The van der Waals surface area contributed by atoms with E-state index in [0.29, 0.717) is 30.2 Å². The molecule has 0 atom stereocenters. The molecule has 0 aliphatic carbocycles. The van der Waals surface area contributed by atoms with Crippen LogP contribution < -0.4 is 10.1 Å². The monoisotopic (exact) mass is 335 g/mol. The molecule has 0 saturated carbocycles. The summed E-state index contributed by atoms with van der Waals surface area (Å²) in [4.78, 5) is 11.7. The van der Waals surface area contributed by atoms with Crippen molar-refractivity contribution in [2.24, 2.45) is 5.92 Å². The third-order valence-corrected chi connectivity index (χ3v) is 3.67. The van der Waals surface area contributed by atoms with Crippen LogP contribution in [0.3, 0.4) is 0 Å². The average Bonchev–Trinajstić information content (AvgIpc) is 3.01. The molecule has 1 amide bonds. The number of carbonyl (C=O) groups is 1. The van der Waals surface area contributed by atoms with Crippen LogP contribution in [0.1, 0.15) is 20.8 Å². The Balaban J connectivity index is 1.88. The first kappa shape index (κ1) is 17.3. The first-order chi connectivity index (χ1) is 11.1. The molecule has 6 nitrogen and oxygen atoms in total. The van der Waals surface area contributed by atoms with Crippen molar-refractivity contribution in [3.63, 3.8) is 0 Å². The number of nitrogens with zero attached hydrogens (tertiary/aromatic N) is 2. The maximum Gasteiger partial charge on any atom is 0.277 e. The van der Waals surface area contributed by atoms with Gasteiger partial charge >= 0.3 is 0 Å². The van der Waals surface area contributed by atoms with Gasteiger partial charge in [-0.25, -0.2) is 0 Å². The molecule has 0 unspecified atom stereocenters. The molecule has 0 aliphatic rings. The van der Waals surface area contributed by atoms with Crippen LogP contribution in [0.4, 0.5) is 0 Å². The van der Waals surface area contributed by atoms with Gasteiger partial charge in [0.05, 0.1) is 12.4 Å². The van der Waals surface area contributed by atoms with Crippen molar-refractivity contribution in [1.82, 2.24) is 15.5 Å². The molecule has 1 heterocycles. The second-order valence-electron chi connectivity index (χ2n) is 5.32. The molecule has 1 aromatic carbocycles. The smallest absolute Gasteiger partial charge is 0.277 e. The largest absolute Gasteiger partial charge is 0.494 e. The molecule has 1 aromatic heterocycles. The zero-order chi connectivity index (χ0) is 16.7. The lowest BCUT2D eigenvalue weighted by molar-refractivity contribution is -0.118. The lowest BCUT2D eigenvalue weighted by Gasteiger charge is -2.05. The van der Waals surface area contributed by atoms with Gasteiger partial charge in [0.15, 0.2) is 0 Å². The summed E-state index contributed by atoms with van der Waals surface area (Å²) < 4.78 is 11.0. The summed E-state index contributed by atoms with van der Waals surface area (Å²) in [6, 6.07) is 7.44. The van der Waals surface area contributed by atoms with Crippen LogP contribution in [-0.4, -0.2) is 35.0 Å². The van der Waals surface area contributed by atoms with E-state index in [1.54, 1.807) is 0 Å². The van der Waals surface area contributed by atoms with Crippen molar-refractivity contribution in [1.29, 1.82) is 0 Å². The van der Waals surface area contributed by atoms with Gasteiger partial charge in [0.2, 0.25) is 11.8 Å². The van der Waals surface area contributed by atoms with E-state index in [-0.39, 0.29) is 11.7 Å². The van der Waals surface area contributed by atoms with Gasteiger partial charge in [0.25, 0.3) is 5.22 Å². The lowest BCUT2D eigenvalue weighted by atomic mass is 10.2. The predicted molar refractivity (Wildman–Crippen MR) is 89.5 cm³/mol. The number of hydrogen-bond donors (Lipinski definition) is 1. The number of thioether (sulfide) groups is 1. The normalized spacial score (nSPS) is 10.8. The van der Waals surface area contributed by atoms with Crippen LogP contribution in [0.15, 0.2) is 33.9 Å². The van der Waals surface area contributed by atoms with Gasteiger partial charge in [-0.2, -0.15) is 0 Å². The Labute approximate surface area is 140 Å². The third kappa shape index (κ3) is 5.59. The second-order valence-corrected chi connectivity index (χ2v) is 6.24. The summed E-state index contributed by atoms with van der Waals surface area (Å²) in [6.07, 6.45) is 0. The van der Waals surface area contributed by atoms with E-state index in [2.05, 4.69) is 29.4 Å². The van der Waals surface area contributed by atoms with Crippen LogP contribution in [0, 0.1) is 5.92 Å². The minimum Gasteiger partial charge on any atom is -0.494 e. The van der Waals surface area contributed by atoms with E-state index in [1.807, 2.05) is 31.2 Å². The van der Waals surface area contributed by atoms with Crippen molar-refractivity contribution in [2.45, 2.75) is 26.0 Å². The van der Waals surface area contributed by atoms with Gasteiger partial charge in [-0.3, -0.25) is 4.79 Å². The number of amides is 1. The van der Waals surface area contributed by atoms with E-state index in [0.717, 1.165) is 11.3 Å². The van der Waals surface area contributed by atoms with E-state index in [9.17, 15) is 4.79 Å². The number of nitrogens with one attached hydrogen (secondary N) is 1. The Hall–Kier alpha value is -2.02. The Morgan fingerprint density at radius 2 is 2.04 bits per heavy atom. The first-order valence-electron chi connectivity index (χ1n) is 7.54. The van der Waals surface area contributed by atoms with Crippen LogP contribution in [0.5, 0.6) is 5.75 Å². The quantitative estimate of drug-likeness (QED) is 0.747. The van der Waals surface area contributed by atoms with Crippen LogP contribution >= 0.6 is 11.8 Å². The molecule has 23 heavy (non-hydrogen) atoms. The van der Waals surface area contributed by atoms with Crippen molar-refractivity contribution in [3.8, 4) is 17.2 Å². The molecule has 0 saturated heterocycles. The number of benzene rings is 1. The molecular weight excluding hydrogens is 314 g/mol. The Morgan fingerprint density at radius 1 is 1.30 bits per heavy atom. The number of hydrogen-bond acceptors (Lipinski definition) is 6. The highest BCUT2D eigenvalue weighted by molar-refractivity contribution is 7.99. The highest BCUT2D eigenvalue weighted by atomic mass is 32.2. The third-order valence-electron chi connectivity index (χ3n) is 2.85. The first-order valence-corrected chi connectivity index (χ1v) is 8.53. The zero-order valence-electron chi connectivity index (χ0n) is 13.5. The molecule has 7 heteroatoms. The fourth-order valence-electron chi connectivity index (χ4n) is 1.74. The summed E-state index contributed by atoms with van der Waals surface area (Å²) in [5, 5.41) is 11.2. The summed E-state index contributed by atoms with van der Waals surface area (Å²) in [5.74, 6) is 1.88. The fraction of sp³-hybridized carbons (Fsp3) is 0.438. The van der Waals surface area contributed by atoms with Crippen LogP contribution in [0.25, 0.3) is 11.5 Å². The lowest BCUT2D eigenvalue weighted by Crippen LogP contribution is -2.28. The number of aromatic nitrogens is 2. The molecule has 0 aliphatic heterocycles. The maximum absolute atomic E-state index is 11.7. The number of ether oxygens (including phenoxy) is 1. The van der Waals surface area contributed by atoms with Gasteiger partial charge in [-0.1, -0.05) is 25.6 Å². The molecule has 0 bridgehead atoms. The highest BCUT2D eigenvalue weighted by Crippen LogP contribution is 2.24. The molecule has 2 rings (SSSR count). The standard InChI is InChI=1S/C16H21N3O3S/c1-4-21-13-7-5-12(6-8-13)15-18-19-16(22-15)23-10-14(20)17-9-11(2)3/h5-8,11H,4,9-10H2,1-3H3,(H,17,20). The fourth-order valence-corrected chi connectivity index (χ4v) is 2.33. The Bertz CT molecular complexity index is 626. The van der Waals surface area contributed by atoms with Gasteiger partial charge in [0.1, 0.15) is 5.75 Å². The molecule has 0 radical (unpaired) electrons. The molecule has 2 aromatic rings. The van der Waals surface area contributed by atoms with Crippen molar-refractivity contribution < 1.29 is 13.9 Å². The Morgan fingerprint density at radius 3 is 2.70 bits per heavy atom. The van der Waals surface area contributed by atoms with Crippen LogP contribution in [-0.2, 0) is 4.79 Å². The van der Waals surface area contributed by atoms with E-state index >= 15 is 0 Å². The highest BCUT2D eigenvalue weighted by Gasteiger charge is 2.11. The minimum atomic E-state index is -0.0375. The molecule has 124 valence electrons. The molecule has 0 fully saturated rings.